The van der Waals surface area contributed by atoms with Gasteiger partial charge in [0.05, 0.1) is 11.3 Å². The highest BCUT2D eigenvalue weighted by Crippen LogP contribution is 2.31. The van der Waals surface area contributed by atoms with Crippen molar-refractivity contribution < 1.29 is 18.4 Å². The second-order valence-corrected chi connectivity index (χ2v) is 9.80. The molecule has 1 aromatic carbocycles. The Kier molecular flexibility index (Phi) is 7.12. The third-order valence-electron chi connectivity index (χ3n) is 5.76. The third-order valence-corrected chi connectivity index (χ3v) is 5.76. The van der Waals surface area contributed by atoms with Crippen molar-refractivity contribution in [2.24, 2.45) is 11.3 Å². The molecule has 2 heterocycles. The molecule has 0 fully saturated rings. The van der Waals surface area contributed by atoms with Crippen LogP contribution in [0.2, 0.25) is 0 Å². The van der Waals surface area contributed by atoms with Crippen LogP contribution in [0.3, 0.4) is 0 Å². The molecule has 6 nitrogen and oxygen atoms in total. The van der Waals surface area contributed by atoms with Crippen LogP contribution < -0.4 is 5.32 Å². The Bertz CT molecular complexity index is 1010. The Morgan fingerprint density at radius 1 is 1.22 bits per heavy atom. The number of hydrogen-bond donors (Lipinski definition) is 1. The summed E-state index contributed by atoms with van der Waals surface area (Å²) in [5, 5.41) is 2.66. The average Bonchev–Trinajstić information content (AvgIpc) is 2.92. The van der Waals surface area contributed by atoms with Crippen LogP contribution in [0.15, 0.2) is 18.2 Å². The van der Waals surface area contributed by atoms with Crippen molar-refractivity contribution in [3.8, 4) is 11.4 Å². The molecule has 3 rings (SSSR count). The third kappa shape index (κ3) is 5.41. The topological polar surface area (TPSA) is 67.2 Å². The van der Waals surface area contributed by atoms with Crippen molar-refractivity contribution in [3.05, 3.63) is 41.2 Å². The van der Waals surface area contributed by atoms with E-state index in [2.05, 4.69) is 15.2 Å². The minimum atomic E-state index is -0.717. The van der Waals surface area contributed by atoms with E-state index in [0.717, 1.165) is 19.0 Å². The van der Waals surface area contributed by atoms with Gasteiger partial charge in [0.2, 0.25) is 5.91 Å². The number of aromatic nitrogens is 2. The summed E-state index contributed by atoms with van der Waals surface area (Å²) in [5.74, 6) is -1.97. The van der Waals surface area contributed by atoms with Crippen LogP contribution in [-0.4, -0.2) is 46.8 Å². The molecule has 0 aliphatic carbocycles. The first-order valence-electron chi connectivity index (χ1n) is 11.0. The first-order chi connectivity index (χ1) is 15.0. The van der Waals surface area contributed by atoms with E-state index in [4.69, 9.17) is 0 Å². The normalized spacial score (nSPS) is 15.7. The van der Waals surface area contributed by atoms with Crippen molar-refractivity contribution in [2.45, 2.75) is 53.1 Å². The fraction of sp³-hybridized carbons (Fsp3) is 0.542. The van der Waals surface area contributed by atoms with Crippen LogP contribution in [0.25, 0.3) is 11.4 Å². The van der Waals surface area contributed by atoms with E-state index in [1.54, 1.807) is 7.05 Å². The van der Waals surface area contributed by atoms with Gasteiger partial charge in [0.15, 0.2) is 5.78 Å². The van der Waals surface area contributed by atoms with Crippen molar-refractivity contribution in [1.82, 2.24) is 19.8 Å². The lowest BCUT2D eigenvalue weighted by Gasteiger charge is -2.24. The lowest BCUT2D eigenvalue weighted by atomic mass is 9.81. The number of benzene rings is 1. The molecule has 0 unspecified atom stereocenters. The maximum Gasteiger partial charge on any atom is 0.223 e. The molecule has 0 radical (unpaired) electrons. The Hall–Kier alpha value is -2.61. The zero-order chi connectivity index (χ0) is 23.6. The summed E-state index contributed by atoms with van der Waals surface area (Å²) in [6.07, 6.45) is 1.39. The van der Waals surface area contributed by atoms with Crippen molar-refractivity contribution in [1.29, 1.82) is 0 Å². The molecule has 8 heteroatoms. The number of carbonyl (C=O) groups is 2. The van der Waals surface area contributed by atoms with E-state index < -0.39 is 17.6 Å². The van der Waals surface area contributed by atoms with Gasteiger partial charge in [-0.05, 0) is 44.0 Å². The molecule has 0 spiro atoms. The number of carbonyl (C=O) groups excluding carboxylic acids is 2. The summed E-state index contributed by atoms with van der Waals surface area (Å²) in [4.78, 5) is 32.5. The number of imidazole rings is 1. The van der Waals surface area contributed by atoms with Gasteiger partial charge in [-0.25, -0.2) is 13.8 Å². The summed E-state index contributed by atoms with van der Waals surface area (Å²) in [5.41, 5.74) is 1.000. The number of halogens is 2. The zero-order valence-corrected chi connectivity index (χ0v) is 19.5. The fourth-order valence-corrected chi connectivity index (χ4v) is 4.34. The molecule has 1 aromatic heterocycles. The van der Waals surface area contributed by atoms with E-state index in [1.807, 2.05) is 32.4 Å². The molecule has 32 heavy (non-hydrogen) atoms. The van der Waals surface area contributed by atoms with Gasteiger partial charge in [0.25, 0.3) is 0 Å². The maximum absolute atomic E-state index is 14.6. The average molecular weight is 447 g/mol. The summed E-state index contributed by atoms with van der Waals surface area (Å²) < 4.78 is 29.9. The molecular weight excluding hydrogens is 414 g/mol. The number of ketones is 1. The molecule has 1 atom stereocenters. The minimum absolute atomic E-state index is 0.0238. The number of amides is 1. The van der Waals surface area contributed by atoms with Gasteiger partial charge in [-0.15, -0.1) is 0 Å². The highest BCUT2D eigenvalue weighted by molar-refractivity contribution is 5.98. The van der Waals surface area contributed by atoms with Crippen molar-refractivity contribution in [3.63, 3.8) is 0 Å². The Morgan fingerprint density at radius 2 is 1.94 bits per heavy atom. The molecule has 174 valence electrons. The van der Waals surface area contributed by atoms with Gasteiger partial charge in [-0.1, -0.05) is 20.8 Å². The molecule has 1 aliphatic heterocycles. The molecule has 1 amide bonds. The van der Waals surface area contributed by atoms with Crippen molar-refractivity contribution >= 4 is 11.7 Å². The summed E-state index contributed by atoms with van der Waals surface area (Å²) in [7, 11) is 3.53. The Labute approximate surface area is 188 Å². The molecule has 0 saturated carbocycles. The summed E-state index contributed by atoms with van der Waals surface area (Å²) >= 11 is 0. The molecule has 1 N–H and O–H groups in total. The van der Waals surface area contributed by atoms with E-state index in [1.165, 1.54) is 12.1 Å². The van der Waals surface area contributed by atoms with Gasteiger partial charge in [0.1, 0.15) is 23.2 Å². The second kappa shape index (κ2) is 9.48. The van der Waals surface area contributed by atoms with Gasteiger partial charge >= 0.3 is 0 Å². The lowest BCUT2D eigenvalue weighted by molar-refractivity contribution is -0.125. The minimum Gasteiger partial charge on any atom is -0.359 e. The molecule has 2 aromatic rings. The van der Waals surface area contributed by atoms with E-state index in [9.17, 15) is 18.4 Å². The standard InChI is InChI=1S/C24H32F2N4O2/c1-24(2,3)13-15(23(32)27-4)11-20(31)21-19-14-29(5)9-6-10-30(19)22(28-21)17-8-7-16(25)12-18(17)26/h7-8,12,15H,6,9-11,13-14H2,1-5H3,(H,27,32)/t15-/m0/s1. The van der Waals surface area contributed by atoms with E-state index in [-0.39, 0.29) is 34.8 Å². The number of nitrogens with one attached hydrogen (secondary N) is 1. The number of rotatable bonds is 6. The van der Waals surface area contributed by atoms with Gasteiger partial charge in [0, 0.05) is 38.5 Å². The first-order valence-corrected chi connectivity index (χ1v) is 11.0. The first kappa shape index (κ1) is 24.0. The highest BCUT2D eigenvalue weighted by atomic mass is 19.1. The van der Waals surface area contributed by atoms with Crippen LogP contribution in [-0.2, 0) is 17.9 Å². The van der Waals surface area contributed by atoms with Gasteiger partial charge in [-0.2, -0.15) is 0 Å². The monoisotopic (exact) mass is 446 g/mol. The van der Waals surface area contributed by atoms with Crippen molar-refractivity contribution in [2.75, 3.05) is 20.6 Å². The Morgan fingerprint density at radius 3 is 2.56 bits per heavy atom. The van der Waals surface area contributed by atoms with Crippen LogP contribution >= 0.6 is 0 Å². The molecule has 1 aliphatic rings. The van der Waals surface area contributed by atoms with Crippen LogP contribution in [0, 0.1) is 23.0 Å². The quantitative estimate of drug-likeness (QED) is 0.681. The second-order valence-electron chi connectivity index (χ2n) is 9.80. The van der Waals surface area contributed by atoms with Crippen LogP contribution in [0.5, 0.6) is 0 Å². The number of fused-ring (bicyclic) bond motifs is 1. The van der Waals surface area contributed by atoms with Crippen LogP contribution in [0.1, 0.15) is 56.2 Å². The Balaban J connectivity index is 2.04. The predicted molar refractivity (Wildman–Crippen MR) is 119 cm³/mol. The van der Waals surface area contributed by atoms with Gasteiger partial charge in [-0.3, -0.25) is 9.59 Å². The summed E-state index contributed by atoms with van der Waals surface area (Å²) in [6, 6.07) is 3.37. The fourth-order valence-electron chi connectivity index (χ4n) is 4.34. The van der Waals surface area contributed by atoms with Gasteiger partial charge < -0.3 is 14.8 Å². The smallest absolute Gasteiger partial charge is 0.223 e. The number of hydrogen-bond acceptors (Lipinski definition) is 4. The van der Waals surface area contributed by atoms with E-state index in [0.29, 0.717) is 31.0 Å². The number of nitrogens with zero attached hydrogens (tertiary/aromatic N) is 3. The van der Waals surface area contributed by atoms with Crippen LogP contribution in [0.4, 0.5) is 8.78 Å². The SMILES string of the molecule is CNC(=O)[C@@H](CC(=O)c1nc(-c2ccc(F)cc2F)n2c1CN(C)CCC2)CC(C)(C)C. The lowest BCUT2D eigenvalue weighted by Crippen LogP contribution is -2.32. The highest BCUT2D eigenvalue weighted by Gasteiger charge is 2.31. The molecule has 0 saturated heterocycles. The maximum atomic E-state index is 14.6. The van der Waals surface area contributed by atoms with E-state index >= 15 is 0 Å². The number of Topliss-reactive ketones (excluding diaryl/α,β-unsaturated/α-hetero) is 1. The molecular formula is C24H32F2N4O2. The molecule has 0 bridgehead atoms. The predicted octanol–water partition coefficient (Wildman–Crippen LogP) is 4.04. The zero-order valence-electron chi connectivity index (χ0n) is 19.5. The summed E-state index contributed by atoms with van der Waals surface area (Å²) in [6.45, 7) is 7.97. The largest absolute Gasteiger partial charge is 0.359 e.